The van der Waals surface area contributed by atoms with Crippen LogP contribution in [0, 0.1) is 0 Å². The highest BCUT2D eigenvalue weighted by atomic mass is 35.5. The van der Waals surface area contributed by atoms with Crippen LogP contribution in [-0.4, -0.2) is 68.9 Å². The molecular weight excluding hydrogens is 527 g/mol. The number of piperazine rings is 1. The Morgan fingerprint density at radius 2 is 1.83 bits per heavy atom. The van der Waals surface area contributed by atoms with Gasteiger partial charge in [0.25, 0.3) is 5.91 Å². The van der Waals surface area contributed by atoms with E-state index in [2.05, 4.69) is 4.98 Å². The summed E-state index contributed by atoms with van der Waals surface area (Å²) in [4.78, 5) is 21.2. The van der Waals surface area contributed by atoms with E-state index >= 15 is 0 Å². The van der Waals surface area contributed by atoms with Gasteiger partial charge in [-0.3, -0.25) is 4.79 Å². The fourth-order valence-corrected chi connectivity index (χ4v) is 5.50. The molecule has 0 bridgehead atoms. The van der Waals surface area contributed by atoms with E-state index in [1.54, 1.807) is 6.07 Å². The third kappa shape index (κ3) is 5.65. The van der Waals surface area contributed by atoms with Gasteiger partial charge in [0.2, 0.25) is 0 Å². The highest BCUT2D eigenvalue weighted by molar-refractivity contribution is 7.90. The highest BCUT2D eigenvalue weighted by Gasteiger charge is 2.39. The maximum absolute atomic E-state index is 13.3. The normalized spacial score (nSPS) is 15.9. The van der Waals surface area contributed by atoms with E-state index in [0.29, 0.717) is 18.1 Å². The summed E-state index contributed by atoms with van der Waals surface area (Å²) in [5.74, 6) is -0.923. The minimum atomic E-state index is -4.65. The van der Waals surface area contributed by atoms with Gasteiger partial charge in [-0.25, -0.2) is 13.4 Å². The zero-order chi connectivity index (χ0) is 25.5. The van der Waals surface area contributed by atoms with E-state index in [1.165, 1.54) is 16.2 Å². The molecule has 188 valence electrons. The Morgan fingerprint density at radius 1 is 1.14 bits per heavy atom. The van der Waals surface area contributed by atoms with Gasteiger partial charge in [-0.1, -0.05) is 22.9 Å². The van der Waals surface area contributed by atoms with Crippen molar-refractivity contribution in [2.45, 2.75) is 24.1 Å². The molecule has 1 aliphatic heterocycles. The Labute approximate surface area is 209 Å². The van der Waals surface area contributed by atoms with Gasteiger partial charge in [0.05, 0.1) is 20.7 Å². The van der Waals surface area contributed by atoms with Crippen molar-refractivity contribution in [3.05, 3.63) is 47.0 Å². The van der Waals surface area contributed by atoms with Gasteiger partial charge in [-0.15, -0.1) is 0 Å². The summed E-state index contributed by atoms with van der Waals surface area (Å²) in [6.45, 7) is 2.25. The van der Waals surface area contributed by atoms with Crippen molar-refractivity contribution in [2.24, 2.45) is 0 Å². The third-order valence-electron chi connectivity index (χ3n) is 5.55. The molecule has 0 spiro atoms. The van der Waals surface area contributed by atoms with E-state index in [4.69, 9.17) is 16.3 Å². The van der Waals surface area contributed by atoms with E-state index < -0.39 is 28.0 Å². The predicted octanol–water partition coefficient (Wildman–Crippen LogP) is 4.65. The largest absolute Gasteiger partial charge is 0.480 e. The third-order valence-corrected chi connectivity index (χ3v) is 7.98. The molecule has 1 unspecified atom stereocenters. The van der Waals surface area contributed by atoms with Crippen LogP contribution < -0.4 is 9.64 Å². The number of carbonyl (C=O) groups is 1. The lowest BCUT2D eigenvalue weighted by atomic mass is 10.1. The molecule has 13 heteroatoms. The minimum absolute atomic E-state index is 0.181. The number of amides is 1. The standard InChI is InChI=1S/C22H21ClF3N3O4S2/c1-13(22(24,25)26)33-18-6-4-15(35(2,31)32)12-16(18)20(30)28-7-9-29(10-8-28)21-27-17-5-3-14(23)11-19(17)34-21/h3-6,11-13H,7-10H2,1-2H3. The monoisotopic (exact) mass is 547 g/mol. The SMILES string of the molecule is CC(Oc1ccc(S(C)(=O)=O)cc1C(=O)N1CCN(c2nc3ccc(Cl)cc3s2)CC1)C(F)(F)F. The van der Waals surface area contributed by atoms with E-state index in [0.717, 1.165) is 46.7 Å². The summed E-state index contributed by atoms with van der Waals surface area (Å²) < 4.78 is 69.2. The molecule has 7 nitrogen and oxygen atoms in total. The fraction of sp³-hybridized carbons (Fsp3) is 0.364. The van der Waals surface area contributed by atoms with Crippen LogP contribution in [0.4, 0.5) is 18.3 Å². The Hall–Kier alpha value is -2.57. The lowest BCUT2D eigenvalue weighted by Gasteiger charge is -2.35. The van der Waals surface area contributed by atoms with Crippen molar-refractivity contribution < 1.29 is 31.1 Å². The van der Waals surface area contributed by atoms with Crippen molar-refractivity contribution in [2.75, 3.05) is 37.3 Å². The molecule has 0 radical (unpaired) electrons. The Morgan fingerprint density at radius 3 is 2.46 bits per heavy atom. The lowest BCUT2D eigenvalue weighted by molar-refractivity contribution is -0.189. The summed E-state index contributed by atoms with van der Waals surface area (Å²) in [5.41, 5.74) is 0.582. The van der Waals surface area contributed by atoms with E-state index in [9.17, 15) is 26.4 Å². The summed E-state index contributed by atoms with van der Waals surface area (Å²) in [7, 11) is -3.70. The fourth-order valence-electron chi connectivity index (χ4n) is 3.56. The Balaban J connectivity index is 1.55. The molecule has 1 fully saturated rings. The number of alkyl halides is 3. The molecule has 0 N–H and O–H groups in total. The molecule has 35 heavy (non-hydrogen) atoms. The number of rotatable bonds is 5. The average Bonchev–Trinajstić information content (AvgIpc) is 3.21. The smallest absolute Gasteiger partial charge is 0.425 e. The molecule has 2 heterocycles. The van der Waals surface area contributed by atoms with Crippen LogP contribution >= 0.6 is 22.9 Å². The molecule has 0 aliphatic carbocycles. The molecule has 1 amide bonds. The number of carbonyl (C=O) groups excluding carboxylic acids is 1. The summed E-state index contributed by atoms with van der Waals surface area (Å²) >= 11 is 7.52. The number of sulfone groups is 1. The van der Waals surface area contributed by atoms with Crippen molar-refractivity contribution in [3.63, 3.8) is 0 Å². The van der Waals surface area contributed by atoms with Crippen LogP contribution in [0.3, 0.4) is 0 Å². The van der Waals surface area contributed by atoms with E-state index in [-0.39, 0.29) is 29.3 Å². The number of hydrogen-bond acceptors (Lipinski definition) is 7. The quantitative estimate of drug-likeness (QED) is 0.463. The number of fused-ring (bicyclic) bond motifs is 1. The second kappa shape index (κ2) is 9.47. The summed E-state index contributed by atoms with van der Waals surface area (Å²) in [6, 6.07) is 8.70. The van der Waals surface area contributed by atoms with Gasteiger partial charge in [0, 0.05) is 37.5 Å². The van der Waals surface area contributed by atoms with Gasteiger partial charge in [0.15, 0.2) is 21.1 Å². The number of benzene rings is 2. The maximum atomic E-state index is 13.3. The van der Waals surface area contributed by atoms with Gasteiger partial charge < -0.3 is 14.5 Å². The second-order valence-corrected chi connectivity index (χ2v) is 11.6. The summed E-state index contributed by atoms with van der Waals surface area (Å²) in [6.07, 6.45) is -5.87. The zero-order valence-corrected chi connectivity index (χ0v) is 21.1. The molecule has 2 aromatic carbocycles. The van der Waals surface area contributed by atoms with E-state index in [1.807, 2.05) is 17.0 Å². The molecule has 3 aromatic rings. The van der Waals surface area contributed by atoms with Crippen molar-refractivity contribution in [1.29, 1.82) is 0 Å². The number of thiazole rings is 1. The van der Waals surface area contributed by atoms with Gasteiger partial charge in [-0.2, -0.15) is 13.2 Å². The number of nitrogens with zero attached hydrogens (tertiary/aromatic N) is 3. The first-order chi connectivity index (χ1) is 16.3. The van der Waals surface area contributed by atoms with Crippen LogP contribution in [0.2, 0.25) is 5.02 Å². The maximum Gasteiger partial charge on any atom is 0.425 e. The topological polar surface area (TPSA) is 79.8 Å². The number of anilines is 1. The van der Waals surface area contributed by atoms with Crippen LogP contribution in [0.15, 0.2) is 41.3 Å². The highest BCUT2D eigenvalue weighted by Crippen LogP contribution is 2.33. The lowest BCUT2D eigenvalue weighted by Crippen LogP contribution is -2.49. The molecule has 1 aliphatic rings. The average molecular weight is 548 g/mol. The van der Waals surface area contributed by atoms with Crippen LogP contribution in [0.5, 0.6) is 5.75 Å². The van der Waals surface area contributed by atoms with Gasteiger partial charge >= 0.3 is 6.18 Å². The number of ether oxygens (including phenoxy) is 1. The predicted molar refractivity (Wildman–Crippen MR) is 128 cm³/mol. The Kier molecular flexibility index (Phi) is 6.91. The first-order valence-electron chi connectivity index (χ1n) is 10.5. The minimum Gasteiger partial charge on any atom is -0.480 e. The molecular formula is C22H21ClF3N3O4S2. The molecule has 4 rings (SSSR count). The van der Waals surface area contributed by atoms with Gasteiger partial charge in [0.1, 0.15) is 5.75 Å². The van der Waals surface area contributed by atoms with Crippen molar-refractivity contribution in [1.82, 2.24) is 9.88 Å². The van der Waals surface area contributed by atoms with Crippen LogP contribution in [0.25, 0.3) is 10.2 Å². The number of hydrogen-bond donors (Lipinski definition) is 0. The second-order valence-electron chi connectivity index (χ2n) is 8.12. The first kappa shape index (κ1) is 25.5. The zero-order valence-electron chi connectivity index (χ0n) is 18.7. The van der Waals surface area contributed by atoms with Crippen LogP contribution in [-0.2, 0) is 9.84 Å². The number of aromatic nitrogens is 1. The number of halogens is 4. The Bertz CT molecular complexity index is 1370. The van der Waals surface area contributed by atoms with Gasteiger partial charge in [-0.05, 0) is 43.3 Å². The van der Waals surface area contributed by atoms with Crippen molar-refractivity contribution >= 4 is 54.0 Å². The summed E-state index contributed by atoms with van der Waals surface area (Å²) in [5, 5.41) is 1.38. The molecule has 1 atom stereocenters. The molecule has 1 saturated heterocycles. The first-order valence-corrected chi connectivity index (χ1v) is 13.6. The molecule has 1 aromatic heterocycles. The molecule has 0 saturated carbocycles. The van der Waals surface area contributed by atoms with Crippen LogP contribution in [0.1, 0.15) is 17.3 Å². The van der Waals surface area contributed by atoms with Crippen molar-refractivity contribution in [3.8, 4) is 5.75 Å².